The Balaban J connectivity index is 1.66. The lowest BCUT2D eigenvalue weighted by Gasteiger charge is -2.23. The van der Waals surface area contributed by atoms with Crippen LogP contribution in [0.25, 0.3) is 11.1 Å². The van der Waals surface area contributed by atoms with Gasteiger partial charge in [0.15, 0.2) is 17.3 Å². The summed E-state index contributed by atoms with van der Waals surface area (Å²) >= 11 is 0. The second-order valence-corrected chi connectivity index (χ2v) is 12.9. The number of benzene rings is 2. The average Bonchev–Trinajstić information content (AvgIpc) is 3.15. The Morgan fingerprint density at radius 1 is 1.05 bits per heavy atom. The number of hydrogen-bond acceptors (Lipinski definition) is 8. The molecule has 4 rings (SSSR count). The standard InChI is InChI=1S/C29H32F2N2O7S/c1-15(2)19-9-18(17-7-8-23-24(11-17)40-29(30,31)39-23)10-20(16(3)4)21(19)12-27(35)33-41(37,38)25-14-32-26(13-22(25)34)28(5,6)36/h7-11,14-16,36H,12-13H2,1-6H3,(H,33,35). The van der Waals surface area contributed by atoms with E-state index in [-0.39, 0.29) is 35.5 Å². The molecule has 9 nitrogen and oxygen atoms in total. The number of carbonyl (C=O) groups excluding carboxylic acids is 2. The SMILES string of the molecule is CC(C)c1cc(-c2ccc3c(c2)OC(F)(F)O3)cc(C(C)C)c1CC(=O)NS(=O)(=O)C1=CN=C(C(C)(C)O)CC1=O. The summed E-state index contributed by atoms with van der Waals surface area (Å²) in [4.78, 5) is 28.9. The number of allylic oxidation sites excluding steroid dienone is 1. The monoisotopic (exact) mass is 590 g/mol. The van der Waals surface area contributed by atoms with Gasteiger partial charge in [0.2, 0.25) is 5.91 Å². The number of carbonyl (C=O) groups is 2. The van der Waals surface area contributed by atoms with E-state index >= 15 is 0 Å². The van der Waals surface area contributed by atoms with E-state index in [1.54, 1.807) is 6.07 Å². The predicted molar refractivity (Wildman–Crippen MR) is 148 cm³/mol. The number of nitrogens with zero attached hydrogens (tertiary/aromatic N) is 1. The third-order valence-corrected chi connectivity index (χ3v) is 8.23. The molecule has 1 amide bonds. The number of aliphatic hydroxyl groups is 1. The summed E-state index contributed by atoms with van der Waals surface area (Å²) in [7, 11) is -4.52. The Labute approximate surface area is 237 Å². The number of rotatable bonds is 8. The molecule has 0 aliphatic carbocycles. The molecule has 0 spiro atoms. The van der Waals surface area contributed by atoms with E-state index in [0.29, 0.717) is 16.7 Å². The van der Waals surface area contributed by atoms with E-state index in [1.807, 2.05) is 44.5 Å². The van der Waals surface area contributed by atoms with Crippen LogP contribution < -0.4 is 14.2 Å². The molecule has 2 aliphatic rings. The normalized spacial score (nSPS) is 16.6. The van der Waals surface area contributed by atoms with Crippen molar-refractivity contribution in [1.82, 2.24) is 4.72 Å². The average molecular weight is 591 g/mol. The number of aliphatic imine (C=N–C) groups is 1. The lowest BCUT2D eigenvalue weighted by Crippen LogP contribution is -2.39. The van der Waals surface area contributed by atoms with Gasteiger partial charge in [0.25, 0.3) is 10.0 Å². The number of halogens is 2. The highest BCUT2D eigenvalue weighted by Gasteiger charge is 2.43. The molecule has 2 heterocycles. The predicted octanol–water partition coefficient (Wildman–Crippen LogP) is 4.94. The molecule has 2 aliphatic heterocycles. The summed E-state index contributed by atoms with van der Waals surface area (Å²) in [6.45, 7) is 10.6. The maximum atomic E-state index is 13.5. The molecule has 220 valence electrons. The van der Waals surface area contributed by atoms with Gasteiger partial charge < -0.3 is 14.6 Å². The Bertz CT molecular complexity index is 1560. The molecule has 0 radical (unpaired) electrons. The smallest absolute Gasteiger partial charge is 0.395 e. The van der Waals surface area contributed by atoms with Crippen molar-refractivity contribution < 1.29 is 41.4 Å². The largest absolute Gasteiger partial charge is 0.586 e. The summed E-state index contributed by atoms with van der Waals surface area (Å²) in [5.41, 5.74) is 2.19. The number of hydrogen-bond donors (Lipinski definition) is 2. The van der Waals surface area contributed by atoms with Gasteiger partial charge in [0.05, 0.1) is 30.4 Å². The number of sulfonamides is 1. The first-order valence-electron chi connectivity index (χ1n) is 13.0. The molecule has 0 aromatic heterocycles. The van der Waals surface area contributed by atoms with Gasteiger partial charge in [-0.3, -0.25) is 14.6 Å². The summed E-state index contributed by atoms with van der Waals surface area (Å²) < 4.78 is 64.0. The molecule has 0 bridgehead atoms. The van der Waals surface area contributed by atoms with Crippen LogP contribution in [0, 0.1) is 0 Å². The summed E-state index contributed by atoms with van der Waals surface area (Å²) in [5.74, 6) is -1.95. The molecule has 0 saturated heterocycles. The van der Waals surface area contributed by atoms with Gasteiger partial charge in [-0.1, -0.05) is 45.9 Å². The zero-order valence-corrected chi connectivity index (χ0v) is 24.4. The molecule has 0 fully saturated rings. The molecule has 12 heteroatoms. The number of Topliss-reactive ketones (excluding diaryl/α,β-unsaturated/α-hetero) is 1. The molecule has 2 N–H and O–H groups in total. The van der Waals surface area contributed by atoms with E-state index in [0.717, 1.165) is 17.3 Å². The van der Waals surface area contributed by atoms with E-state index in [1.165, 1.54) is 26.0 Å². The Morgan fingerprint density at radius 3 is 2.17 bits per heavy atom. The molecule has 41 heavy (non-hydrogen) atoms. The fraction of sp³-hybridized carbons (Fsp3) is 0.414. The Kier molecular flexibility index (Phi) is 7.87. The molecule has 0 saturated carbocycles. The van der Waals surface area contributed by atoms with Crippen LogP contribution in [0.15, 0.2) is 46.4 Å². The van der Waals surface area contributed by atoms with Crippen LogP contribution in [0.5, 0.6) is 11.5 Å². The van der Waals surface area contributed by atoms with Gasteiger partial charge >= 0.3 is 6.29 Å². The van der Waals surface area contributed by atoms with Gasteiger partial charge in [-0.2, -0.15) is 0 Å². The highest BCUT2D eigenvalue weighted by Crippen LogP contribution is 2.44. The van der Waals surface area contributed by atoms with Crippen molar-refractivity contribution in [3.63, 3.8) is 0 Å². The minimum atomic E-state index is -4.52. The van der Waals surface area contributed by atoms with Crippen LogP contribution in [0.1, 0.15) is 76.5 Å². The Morgan fingerprint density at radius 2 is 1.63 bits per heavy atom. The maximum Gasteiger partial charge on any atom is 0.586 e. The zero-order chi connectivity index (χ0) is 30.5. The van der Waals surface area contributed by atoms with Gasteiger partial charge in [-0.05, 0) is 65.6 Å². The van der Waals surface area contributed by atoms with Gasteiger partial charge in [0.1, 0.15) is 4.91 Å². The number of amides is 1. The van der Waals surface area contributed by atoms with Crippen molar-refractivity contribution in [3.8, 4) is 22.6 Å². The molecular formula is C29H32F2N2O7S. The second-order valence-electron chi connectivity index (χ2n) is 11.2. The van der Waals surface area contributed by atoms with E-state index in [2.05, 4.69) is 14.5 Å². The molecular weight excluding hydrogens is 558 g/mol. The third-order valence-electron chi connectivity index (χ3n) is 6.82. The van der Waals surface area contributed by atoms with Crippen molar-refractivity contribution in [2.24, 2.45) is 4.99 Å². The van der Waals surface area contributed by atoms with Gasteiger partial charge in [-0.15, -0.1) is 8.78 Å². The van der Waals surface area contributed by atoms with Crippen molar-refractivity contribution in [3.05, 3.63) is 58.1 Å². The molecule has 0 unspecified atom stereocenters. The third kappa shape index (κ3) is 6.48. The highest BCUT2D eigenvalue weighted by molar-refractivity contribution is 7.94. The van der Waals surface area contributed by atoms with E-state index in [9.17, 15) is 31.9 Å². The number of alkyl halides is 2. The maximum absolute atomic E-state index is 13.5. The highest BCUT2D eigenvalue weighted by atomic mass is 32.2. The first-order valence-corrected chi connectivity index (χ1v) is 14.5. The van der Waals surface area contributed by atoms with Crippen molar-refractivity contribution in [2.45, 2.75) is 78.1 Å². The first-order chi connectivity index (χ1) is 18.9. The Hall–Kier alpha value is -3.64. The summed E-state index contributed by atoms with van der Waals surface area (Å²) in [6.07, 6.45) is -3.57. The topological polar surface area (TPSA) is 131 Å². The number of fused-ring (bicyclic) bond motifs is 1. The molecule has 2 aromatic rings. The lowest BCUT2D eigenvalue weighted by atomic mass is 9.84. The number of ether oxygens (including phenoxy) is 2. The van der Waals surface area contributed by atoms with Crippen LogP contribution in [0.4, 0.5) is 8.78 Å². The van der Waals surface area contributed by atoms with E-state index in [4.69, 9.17) is 0 Å². The van der Waals surface area contributed by atoms with Crippen LogP contribution in [-0.4, -0.2) is 42.8 Å². The lowest BCUT2D eigenvalue weighted by molar-refractivity contribution is -0.286. The van der Waals surface area contributed by atoms with E-state index < -0.39 is 44.9 Å². The van der Waals surface area contributed by atoms with Gasteiger partial charge in [0, 0.05) is 0 Å². The number of nitrogens with one attached hydrogen (secondary N) is 1. The minimum absolute atomic E-state index is 0.0741. The van der Waals surface area contributed by atoms with Crippen molar-refractivity contribution >= 4 is 27.4 Å². The van der Waals surface area contributed by atoms with Gasteiger partial charge in [-0.25, -0.2) is 13.1 Å². The molecule has 0 atom stereocenters. The van der Waals surface area contributed by atoms with Crippen molar-refractivity contribution in [2.75, 3.05) is 0 Å². The van der Waals surface area contributed by atoms with Crippen LogP contribution in [0.2, 0.25) is 0 Å². The summed E-state index contributed by atoms with van der Waals surface area (Å²) in [6, 6.07) is 8.16. The van der Waals surface area contributed by atoms with Crippen molar-refractivity contribution in [1.29, 1.82) is 0 Å². The second kappa shape index (κ2) is 10.6. The quantitative estimate of drug-likeness (QED) is 0.445. The number of ketones is 1. The first kappa shape index (κ1) is 30.3. The fourth-order valence-electron chi connectivity index (χ4n) is 4.74. The summed E-state index contributed by atoms with van der Waals surface area (Å²) in [5, 5.41) is 10.1. The fourth-order valence-corrected chi connectivity index (χ4v) is 5.78. The van der Waals surface area contributed by atoms with Crippen LogP contribution >= 0.6 is 0 Å². The zero-order valence-electron chi connectivity index (χ0n) is 23.5. The van der Waals surface area contributed by atoms with Crippen LogP contribution in [-0.2, 0) is 26.0 Å². The van der Waals surface area contributed by atoms with Crippen LogP contribution in [0.3, 0.4) is 0 Å². The molecule has 2 aromatic carbocycles. The minimum Gasteiger partial charge on any atom is -0.395 e.